The molecule has 5 heteroatoms. The van der Waals surface area contributed by atoms with Gasteiger partial charge in [-0.2, -0.15) is 4.98 Å². The van der Waals surface area contributed by atoms with Crippen molar-refractivity contribution in [2.24, 2.45) is 0 Å². The molecule has 1 fully saturated rings. The number of carbonyl (C=O) groups is 1. The van der Waals surface area contributed by atoms with Gasteiger partial charge >= 0.3 is 5.91 Å². The maximum absolute atomic E-state index is 13.2. The van der Waals surface area contributed by atoms with Crippen molar-refractivity contribution in [3.05, 3.63) is 44.0 Å². The predicted molar refractivity (Wildman–Crippen MR) is 119 cm³/mol. The Morgan fingerprint density at radius 2 is 2.07 bits per heavy atom. The van der Waals surface area contributed by atoms with Crippen molar-refractivity contribution in [2.75, 3.05) is 11.5 Å². The van der Waals surface area contributed by atoms with E-state index in [1.54, 1.807) is 4.90 Å². The van der Waals surface area contributed by atoms with E-state index in [1.165, 1.54) is 9.13 Å². The first-order valence-electron chi connectivity index (χ1n) is 9.76. The number of nitrogens with zero attached hydrogens (tertiary/aromatic N) is 2. The van der Waals surface area contributed by atoms with Crippen LogP contribution in [0.4, 0.5) is 11.5 Å². The third-order valence-electron chi connectivity index (χ3n) is 5.19. The lowest BCUT2D eigenvalue weighted by molar-refractivity contribution is -0.112. The molecule has 0 N–H and O–H groups in total. The SMILES string of the molecule is CCC#CC(=O)N(c1cc(C)c(I)cc1C1CC1)c1nc2c(cc1C)CCO2. The molecule has 0 unspecified atom stereocenters. The highest BCUT2D eigenvalue weighted by Gasteiger charge is 2.32. The summed E-state index contributed by atoms with van der Waals surface area (Å²) >= 11 is 2.37. The lowest BCUT2D eigenvalue weighted by Crippen LogP contribution is -2.27. The number of amides is 1. The summed E-state index contributed by atoms with van der Waals surface area (Å²) < 4.78 is 6.91. The predicted octanol–water partition coefficient (Wildman–Crippen LogP) is 5.19. The van der Waals surface area contributed by atoms with Crippen LogP contribution in [-0.4, -0.2) is 17.5 Å². The van der Waals surface area contributed by atoms with E-state index in [9.17, 15) is 4.79 Å². The molecule has 1 aromatic heterocycles. The van der Waals surface area contributed by atoms with E-state index in [2.05, 4.69) is 59.6 Å². The fourth-order valence-electron chi connectivity index (χ4n) is 3.57. The van der Waals surface area contributed by atoms with Gasteiger partial charge in [-0.1, -0.05) is 12.8 Å². The van der Waals surface area contributed by atoms with Crippen molar-refractivity contribution in [1.29, 1.82) is 0 Å². The topological polar surface area (TPSA) is 42.4 Å². The Bertz CT molecular complexity index is 1020. The van der Waals surface area contributed by atoms with E-state index in [0.29, 0.717) is 30.6 Å². The van der Waals surface area contributed by atoms with Crippen molar-refractivity contribution >= 4 is 40.0 Å². The third kappa shape index (κ3) is 3.62. The van der Waals surface area contributed by atoms with Gasteiger partial charge < -0.3 is 4.74 Å². The van der Waals surface area contributed by atoms with Crippen LogP contribution in [0.15, 0.2) is 18.2 Å². The second-order valence-electron chi connectivity index (χ2n) is 7.42. The maximum Gasteiger partial charge on any atom is 0.308 e. The number of aromatic nitrogens is 1. The highest BCUT2D eigenvalue weighted by molar-refractivity contribution is 14.1. The second-order valence-corrected chi connectivity index (χ2v) is 8.58. The van der Waals surface area contributed by atoms with Crippen LogP contribution in [0.3, 0.4) is 0 Å². The van der Waals surface area contributed by atoms with Crippen LogP contribution in [-0.2, 0) is 11.2 Å². The number of aryl methyl sites for hydroxylation is 2. The van der Waals surface area contributed by atoms with Crippen LogP contribution in [0.25, 0.3) is 0 Å². The summed E-state index contributed by atoms with van der Waals surface area (Å²) in [4.78, 5) is 19.7. The standard InChI is InChI=1S/C23H23IN2O2/c1-4-5-6-21(27)26(22-15(3)11-17-9-10-28-23(17)25-22)20-12-14(2)19(24)13-18(20)16-7-8-16/h11-13,16H,4,7-10H2,1-3H3. The Kier molecular flexibility index (Phi) is 5.33. The van der Waals surface area contributed by atoms with Crippen LogP contribution < -0.4 is 9.64 Å². The summed E-state index contributed by atoms with van der Waals surface area (Å²) in [6.07, 6.45) is 3.83. The quantitative estimate of drug-likeness (QED) is 0.443. The number of anilines is 2. The number of hydrogen-bond donors (Lipinski definition) is 0. The number of carbonyl (C=O) groups excluding carboxylic acids is 1. The molecule has 28 heavy (non-hydrogen) atoms. The average molecular weight is 486 g/mol. The van der Waals surface area contributed by atoms with E-state index in [1.807, 2.05) is 13.8 Å². The number of rotatable bonds is 3. The molecule has 2 heterocycles. The van der Waals surface area contributed by atoms with Gasteiger partial charge in [0.25, 0.3) is 0 Å². The molecular weight excluding hydrogens is 463 g/mol. The number of halogens is 1. The molecule has 1 aliphatic carbocycles. The molecule has 0 bridgehead atoms. The third-order valence-corrected chi connectivity index (χ3v) is 6.35. The zero-order valence-corrected chi connectivity index (χ0v) is 18.6. The first kappa shape index (κ1) is 19.3. The monoisotopic (exact) mass is 486 g/mol. The molecule has 0 saturated heterocycles. The number of benzene rings is 1. The summed E-state index contributed by atoms with van der Waals surface area (Å²) in [6, 6.07) is 6.42. The Hall–Kier alpha value is -2.07. The Labute approximate surface area is 179 Å². The van der Waals surface area contributed by atoms with Crippen molar-refractivity contribution in [3.63, 3.8) is 0 Å². The van der Waals surface area contributed by atoms with Gasteiger partial charge in [0.15, 0.2) is 0 Å². The highest BCUT2D eigenvalue weighted by Crippen LogP contribution is 2.47. The first-order valence-corrected chi connectivity index (χ1v) is 10.8. The van der Waals surface area contributed by atoms with Crippen molar-refractivity contribution < 1.29 is 9.53 Å². The Morgan fingerprint density at radius 1 is 1.29 bits per heavy atom. The second kappa shape index (κ2) is 7.75. The molecule has 144 valence electrons. The molecule has 0 radical (unpaired) electrons. The average Bonchev–Trinajstić information content (AvgIpc) is 3.42. The zero-order valence-electron chi connectivity index (χ0n) is 16.4. The minimum absolute atomic E-state index is 0.238. The van der Waals surface area contributed by atoms with E-state index in [0.717, 1.165) is 41.6 Å². The van der Waals surface area contributed by atoms with Crippen LogP contribution in [0, 0.1) is 29.3 Å². The summed E-state index contributed by atoms with van der Waals surface area (Å²) in [5.74, 6) is 7.25. The smallest absolute Gasteiger partial charge is 0.308 e. The van der Waals surface area contributed by atoms with E-state index >= 15 is 0 Å². The molecular formula is C23H23IN2O2. The molecule has 1 aromatic carbocycles. The fraction of sp³-hybridized carbons (Fsp3) is 0.391. The molecule has 4 nitrogen and oxygen atoms in total. The lowest BCUT2D eigenvalue weighted by atomic mass is 10.0. The van der Waals surface area contributed by atoms with Crippen LogP contribution in [0.5, 0.6) is 5.88 Å². The van der Waals surface area contributed by atoms with Gasteiger partial charge in [-0.25, -0.2) is 0 Å². The molecule has 2 aliphatic rings. The zero-order chi connectivity index (χ0) is 19.8. The summed E-state index contributed by atoms with van der Waals surface area (Å²) in [6.45, 7) is 6.67. The molecule has 4 rings (SSSR count). The molecule has 0 atom stereocenters. The number of pyridine rings is 1. The molecule has 1 amide bonds. The van der Waals surface area contributed by atoms with E-state index in [4.69, 9.17) is 9.72 Å². The minimum atomic E-state index is -0.238. The lowest BCUT2D eigenvalue weighted by Gasteiger charge is -2.25. The minimum Gasteiger partial charge on any atom is -0.477 e. The summed E-state index contributed by atoms with van der Waals surface area (Å²) in [7, 11) is 0. The van der Waals surface area contributed by atoms with E-state index < -0.39 is 0 Å². The first-order chi connectivity index (χ1) is 13.5. The van der Waals surface area contributed by atoms with Crippen molar-refractivity contribution in [2.45, 2.75) is 52.4 Å². The maximum atomic E-state index is 13.2. The van der Waals surface area contributed by atoms with Gasteiger partial charge in [0, 0.05) is 22.0 Å². The molecule has 0 spiro atoms. The Balaban J connectivity index is 1.91. The molecule has 1 aliphatic heterocycles. The normalized spacial score (nSPS) is 14.7. The Morgan fingerprint density at radius 3 is 2.79 bits per heavy atom. The van der Waals surface area contributed by atoms with Gasteiger partial charge in [-0.15, -0.1) is 0 Å². The number of ether oxygens (including phenoxy) is 1. The van der Waals surface area contributed by atoms with Gasteiger partial charge in [0.05, 0.1) is 12.3 Å². The number of fused-ring (bicyclic) bond motifs is 1. The highest BCUT2D eigenvalue weighted by atomic mass is 127. The summed E-state index contributed by atoms with van der Waals surface area (Å²) in [5.41, 5.74) is 5.34. The summed E-state index contributed by atoms with van der Waals surface area (Å²) in [5, 5.41) is 0. The van der Waals surface area contributed by atoms with Gasteiger partial charge in [0.2, 0.25) is 5.88 Å². The van der Waals surface area contributed by atoms with Crippen LogP contribution in [0.1, 0.15) is 54.4 Å². The molecule has 1 saturated carbocycles. The van der Waals surface area contributed by atoms with Crippen LogP contribution in [0.2, 0.25) is 0 Å². The molecule has 2 aromatic rings. The van der Waals surface area contributed by atoms with Crippen molar-refractivity contribution in [3.8, 4) is 17.7 Å². The van der Waals surface area contributed by atoms with E-state index in [-0.39, 0.29) is 5.91 Å². The fourth-order valence-corrected chi connectivity index (χ4v) is 4.06. The van der Waals surface area contributed by atoms with Gasteiger partial charge in [-0.05, 0) is 96.0 Å². The van der Waals surface area contributed by atoms with Gasteiger partial charge in [0.1, 0.15) is 5.82 Å². The largest absolute Gasteiger partial charge is 0.477 e. The van der Waals surface area contributed by atoms with Gasteiger partial charge in [-0.3, -0.25) is 9.69 Å². The van der Waals surface area contributed by atoms with Crippen LogP contribution >= 0.6 is 22.6 Å². The van der Waals surface area contributed by atoms with Crippen molar-refractivity contribution in [1.82, 2.24) is 4.98 Å². The number of hydrogen-bond acceptors (Lipinski definition) is 3.